The SMILES string of the molecule is COc1ccccc1NC(=O)C1CC1C(=O)Nc1cccc(Cl)c1Cl. The molecule has 0 saturated heterocycles. The third-order valence-corrected chi connectivity index (χ3v) is 4.86. The minimum atomic E-state index is -0.384. The lowest BCUT2D eigenvalue weighted by molar-refractivity contribution is -0.122. The lowest BCUT2D eigenvalue weighted by Crippen LogP contribution is -2.21. The van der Waals surface area contributed by atoms with Crippen molar-refractivity contribution in [2.24, 2.45) is 11.8 Å². The quantitative estimate of drug-likeness (QED) is 0.818. The fourth-order valence-electron chi connectivity index (χ4n) is 2.57. The Balaban J connectivity index is 1.61. The number of methoxy groups -OCH3 is 1. The molecule has 7 heteroatoms. The van der Waals surface area contributed by atoms with Gasteiger partial charge in [-0.15, -0.1) is 0 Å². The summed E-state index contributed by atoms with van der Waals surface area (Å²) in [6, 6.07) is 12.1. The summed E-state index contributed by atoms with van der Waals surface area (Å²) in [4.78, 5) is 24.6. The van der Waals surface area contributed by atoms with Gasteiger partial charge in [-0.3, -0.25) is 9.59 Å². The van der Waals surface area contributed by atoms with Gasteiger partial charge < -0.3 is 15.4 Å². The molecule has 1 fully saturated rings. The van der Waals surface area contributed by atoms with Crippen molar-refractivity contribution in [2.75, 3.05) is 17.7 Å². The van der Waals surface area contributed by atoms with Crippen molar-refractivity contribution in [3.05, 3.63) is 52.5 Å². The van der Waals surface area contributed by atoms with E-state index in [1.54, 1.807) is 36.4 Å². The first-order chi connectivity index (χ1) is 12.0. The monoisotopic (exact) mass is 378 g/mol. The fourth-order valence-corrected chi connectivity index (χ4v) is 2.92. The second kappa shape index (κ2) is 7.33. The van der Waals surface area contributed by atoms with Crippen molar-refractivity contribution in [2.45, 2.75) is 6.42 Å². The van der Waals surface area contributed by atoms with Crippen LogP contribution in [0.25, 0.3) is 0 Å². The van der Waals surface area contributed by atoms with Gasteiger partial charge in [0.05, 0.1) is 40.4 Å². The van der Waals surface area contributed by atoms with Crippen molar-refractivity contribution in [3.8, 4) is 5.75 Å². The van der Waals surface area contributed by atoms with Crippen molar-refractivity contribution >= 4 is 46.4 Å². The molecule has 0 spiro atoms. The normalized spacial score (nSPS) is 18.4. The average Bonchev–Trinajstić information content (AvgIpc) is 3.40. The van der Waals surface area contributed by atoms with Crippen LogP contribution in [-0.4, -0.2) is 18.9 Å². The summed E-state index contributed by atoms with van der Waals surface area (Å²) in [6.45, 7) is 0. The number of rotatable bonds is 5. The molecule has 0 bridgehead atoms. The Morgan fingerprint density at radius 2 is 1.56 bits per heavy atom. The molecule has 25 heavy (non-hydrogen) atoms. The molecule has 0 aromatic heterocycles. The molecule has 130 valence electrons. The molecule has 2 aromatic carbocycles. The Morgan fingerprint density at radius 1 is 0.960 bits per heavy atom. The molecule has 1 aliphatic rings. The van der Waals surface area contributed by atoms with E-state index in [0.29, 0.717) is 28.6 Å². The standard InChI is InChI=1S/C18H16Cl2N2O3/c1-25-15-8-3-2-6-13(15)21-17(23)10-9-11(10)18(24)22-14-7-4-5-12(19)16(14)20/h2-8,10-11H,9H2,1H3,(H,21,23)(H,22,24). The van der Waals surface area contributed by atoms with Crippen molar-refractivity contribution in [3.63, 3.8) is 0 Å². The topological polar surface area (TPSA) is 67.4 Å². The van der Waals surface area contributed by atoms with Gasteiger partial charge in [0.2, 0.25) is 11.8 Å². The van der Waals surface area contributed by atoms with Gasteiger partial charge >= 0.3 is 0 Å². The average molecular weight is 379 g/mol. The van der Waals surface area contributed by atoms with E-state index in [0.717, 1.165) is 0 Å². The smallest absolute Gasteiger partial charge is 0.228 e. The van der Waals surface area contributed by atoms with Gasteiger partial charge in [-0.2, -0.15) is 0 Å². The molecule has 1 aliphatic carbocycles. The van der Waals surface area contributed by atoms with E-state index in [1.165, 1.54) is 7.11 Å². The molecule has 2 atom stereocenters. The maximum atomic E-state index is 12.3. The van der Waals surface area contributed by atoms with Crippen LogP contribution in [0.3, 0.4) is 0 Å². The Morgan fingerprint density at radius 3 is 2.24 bits per heavy atom. The highest BCUT2D eigenvalue weighted by molar-refractivity contribution is 6.44. The highest BCUT2D eigenvalue weighted by Crippen LogP contribution is 2.41. The molecule has 5 nitrogen and oxygen atoms in total. The first-order valence-electron chi connectivity index (χ1n) is 7.70. The van der Waals surface area contributed by atoms with Crippen LogP contribution in [0.2, 0.25) is 10.0 Å². The second-order valence-corrected chi connectivity index (χ2v) is 6.51. The number of amides is 2. The minimum absolute atomic E-state index is 0.207. The maximum Gasteiger partial charge on any atom is 0.228 e. The fraction of sp³-hybridized carbons (Fsp3) is 0.222. The number of nitrogens with one attached hydrogen (secondary N) is 2. The van der Waals surface area contributed by atoms with E-state index in [2.05, 4.69) is 10.6 Å². The van der Waals surface area contributed by atoms with Crippen LogP contribution in [-0.2, 0) is 9.59 Å². The number of carbonyl (C=O) groups excluding carboxylic acids is 2. The van der Waals surface area contributed by atoms with E-state index >= 15 is 0 Å². The number of anilines is 2. The van der Waals surface area contributed by atoms with Gasteiger partial charge in [-0.1, -0.05) is 41.4 Å². The van der Waals surface area contributed by atoms with E-state index in [4.69, 9.17) is 27.9 Å². The number of carbonyl (C=O) groups is 2. The van der Waals surface area contributed by atoms with Gasteiger partial charge in [0.25, 0.3) is 0 Å². The first kappa shape index (κ1) is 17.6. The van der Waals surface area contributed by atoms with Gasteiger partial charge in [-0.25, -0.2) is 0 Å². The highest BCUT2D eigenvalue weighted by atomic mass is 35.5. The Kier molecular flexibility index (Phi) is 5.16. The Labute approximate surface area is 155 Å². The number of hydrogen-bond donors (Lipinski definition) is 2. The van der Waals surface area contributed by atoms with Crippen LogP contribution in [0.15, 0.2) is 42.5 Å². The number of hydrogen-bond acceptors (Lipinski definition) is 3. The summed E-state index contributed by atoms with van der Waals surface area (Å²) in [6.07, 6.45) is 0.491. The zero-order valence-electron chi connectivity index (χ0n) is 13.4. The lowest BCUT2D eigenvalue weighted by Gasteiger charge is -2.10. The molecular formula is C18H16Cl2N2O3. The second-order valence-electron chi connectivity index (χ2n) is 5.73. The molecule has 0 radical (unpaired) electrons. The molecule has 2 unspecified atom stereocenters. The lowest BCUT2D eigenvalue weighted by atomic mass is 10.2. The van der Waals surface area contributed by atoms with Crippen LogP contribution in [0.4, 0.5) is 11.4 Å². The van der Waals surface area contributed by atoms with Gasteiger partial charge in [-0.05, 0) is 30.7 Å². The third kappa shape index (κ3) is 3.89. The number of halogens is 2. The molecule has 2 N–H and O–H groups in total. The van der Waals surface area contributed by atoms with E-state index in [-0.39, 0.29) is 28.7 Å². The predicted octanol–water partition coefficient (Wildman–Crippen LogP) is 4.22. The molecule has 1 saturated carbocycles. The summed E-state index contributed by atoms with van der Waals surface area (Å²) in [5.41, 5.74) is 1.02. The predicted molar refractivity (Wildman–Crippen MR) is 98.3 cm³/mol. The van der Waals surface area contributed by atoms with Gasteiger partial charge in [0, 0.05) is 0 Å². The summed E-state index contributed by atoms with van der Waals surface area (Å²) in [5, 5.41) is 6.17. The molecule has 0 aliphatic heterocycles. The van der Waals surface area contributed by atoms with E-state index < -0.39 is 0 Å². The van der Waals surface area contributed by atoms with Crippen LogP contribution in [0.5, 0.6) is 5.75 Å². The van der Waals surface area contributed by atoms with Crippen molar-refractivity contribution in [1.82, 2.24) is 0 Å². The zero-order valence-corrected chi connectivity index (χ0v) is 14.9. The van der Waals surface area contributed by atoms with Crippen LogP contribution in [0.1, 0.15) is 6.42 Å². The molecule has 3 rings (SSSR count). The Bertz CT molecular complexity index is 826. The largest absolute Gasteiger partial charge is 0.495 e. The van der Waals surface area contributed by atoms with E-state index in [1.807, 2.05) is 6.07 Å². The van der Waals surface area contributed by atoms with Gasteiger partial charge in [0.15, 0.2) is 0 Å². The third-order valence-electron chi connectivity index (χ3n) is 4.04. The van der Waals surface area contributed by atoms with Crippen LogP contribution < -0.4 is 15.4 Å². The van der Waals surface area contributed by atoms with E-state index in [9.17, 15) is 9.59 Å². The van der Waals surface area contributed by atoms with Gasteiger partial charge in [0.1, 0.15) is 5.75 Å². The summed E-state index contributed by atoms with van der Waals surface area (Å²) >= 11 is 12.0. The Hall–Kier alpha value is -2.24. The molecular weight excluding hydrogens is 363 g/mol. The zero-order chi connectivity index (χ0) is 18.0. The minimum Gasteiger partial charge on any atom is -0.495 e. The summed E-state index contributed by atoms with van der Waals surface area (Å²) in [5.74, 6) is -0.637. The number of benzene rings is 2. The van der Waals surface area contributed by atoms with Crippen molar-refractivity contribution in [1.29, 1.82) is 0 Å². The maximum absolute atomic E-state index is 12.3. The van der Waals surface area contributed by atoms with Crippen molar-refractivity contribution < 1.29 is 14.3 Å². The number of ether oxygens (including phenoxy) is 1. The summed E-state index contributed by atoms with van der Waals surface area (Å²) in [7, 11) is 1.53. The molecule has 2 aromatic rings. The molecule has 2 amide bonds. The number of para-hydroxylation sites is 2. The van der Waals surface area contributed by atoms with Crippen LogP contribution in [0, 0.1) is 11.8 Å². The highest BCUT2D eigenvalue weighted by Gasteiger charge is 2.48. The summed E-state index contributed by atoms with van der Waals surface area (Å²) < 4.78 is 5.20. The first-order valence-corrected chi connectivity index (χ1v) is 8.45. The molecule has 0 heterocycles. The van der Waals surface area contributed by atoms with Crippen LogP contribution >= 0.6 is 23.2 Å².